The second-order valence-electron chi connectivity index (χ2n) is 8.64. The van der Waals surface area contributed by atoms with Gasteiger partial charge in [-0.25, -0.2) is 14.5 Å². The third kappa shape index (κ3) is 3.55. The van der Waals surface area contributed by atoms with E-state index >= 15 is 0 Å². The summed E-state index contributed by atoms with van der Waals surface area (Å²) < 4.78 is 5.21. The van der Waals surface area contributed by atoms with Crippen molar-refractivity contribution in [3.63, 3.8) is 0 Å². The summed E-state index contributed by atoms with van der Waals surface area (Å²) in [5, 5.41) is 4.95. The molecule has 2 aliphatic rings. The van der Waals surface area contributed by atoms with Gasteiger partial charge in [-0.2, -0.15) is 0 Å². The van der Waals surface area contributed by atoms with Crippen LogP contribution in [0.2, 0.25) is 0 Å². The van der Waals surface area contributed by atoms with Gasteiger partial charge in [-0.05, 0) is 63.8 Å². The predicted molar refractivity (Wildman–Crippen MR) is 117 cm³/mol. The summed E-state index contributed by atoms with van der Waals surface area (Å²) in [7, 11) is 1.71. The number of aromatic amines is 1. The second-order valence-corrected chi connectivity index (χ2v) is 8.64. The van der Waals surface area contributed by atoms with Crippen molar-refractivity contribution < 1.29 is 14.3 Å². The van der Waals surface area contributed by atoms with Crippen LogP contribution >= 0.6 is 0 Å². The number of piperidine rings is 1. The van der Waals surface area contributed by atoms with Gasteiger partial charge < -0.3 is 19.9 Å². The molecule has 1 aliphatic heterocycles. The number of ether oxygens (including phenoxy) is 1. The Morgan fingerprint density at radius 2 is 2.10 bits per heavy atom. The van der Waals surface area contributed by atoms with Crippen LogP contribution in [0.25, 0.3) is 10.9 Å². The largest absolute Gasteiger partial charge is 0.449 e. The first kappa shape index (κ1) is 20.7. The molecule has 2 atom stereocenters. The van der Waals surface area contributed by atoms with Crippen molar-refractivity contribution in [3.8, 4) is 0 Å². The molecule has 1 aliphatic carbocycles. The van der Waals surface area contributed by atoms with E-state index in [1.807, 2.05) is 13.8 Å². The van der Waals surface area contributed by atoms with Crippen molar-refractivity contribution in [1.82, 2.24) is 20.1 Å². The molecule has 0 saturated carbocycles. The SMILES string of the molecule is CCOC(=O)N(Cc1[nH]c2cccc3c2c1C[C@H]1NCCCC31)C(=O)N(C)C(C)C. The van der Waals surface area contributed by atoms with E-state index in [-0.39, 0.29) is 25.2 Å². The van der Waals surface area contributed by atoms with E-state index in [2.05, 4.69) is 28.5 Å². The first-order valence-electron chi connectivity index (χ1n) is 11.0. The van der Waals surface area contributed by atoms with Crippen LogP contribution in [-0.2, 0) is 17.7 Å². The molecule has 30 heavy (non-hydrogen) atoms. The lowest BCUT2D eigenvalue weighted by atomic mass is 9.75. The van der Waals surface area contributed by atoms with Gasteiger partial charge in [-0.15, -0.1) is 0 Å². The molecule has 2 heterocycles. The molecule has 1 saturated heterocycles. The maximum atomic E-state index is 13.1. The van der Waals surface area contributed by atoms with Crippen LogP contribution in [0.5, 0.6) is 0 Å². The van der Waals surface area contributed by atoms with Crippen LogP contribution in [0, 0.1) is 0 Å². The van der Waals surface area contributed by atoms with E-state index < -0.39 is 6.09 Å². The highest BCUT2D eigenvalue weighted by atomic mass is 16.6. The first-order valence-corrected chi connectivity index (χ1v) is 11.0. The van der Waals surface area contributed by atoms with Gasteiger partial charge in [0.25, 0.3) is 0 Å². The molecule has 0 bridgehead atoms. The summed E-state index contributed by atoms with van der Waals surface area (Å²) in [4.78, 5) is 32.0. The summed E-state index contributed by atoms with van der Waals surface area (Å²) in [5.74, 6) is 0.522. The lowest BCUT2D eigenvalue weighted by Crippen LogP contribution is -2.47. The topological polar surface area (TPSA) is 77.7 Å². The molecule has 0 spiro atoms. The monoisotopic (exact) mass is 412 g/mol. The van der Waals surface area contributed by atoms with Crippen molar-refractivity contribution >= 4 is 23.0 Å². The summed E-state index contributed by atoms with van der Waals surface area (Å²) in [6.07, 6.45) is 2.69. The molecule has 2 aromatic rings. The number of benzene rings is 1. The van der Waals surface area contributed by atoms with Gasteiger partial charge in [0.05, 0.1) is 13.2 Å². The van der Waals surface area contributed by atoms with Gasteiger partial charge >= 0.3 is 12.1 Å². The Kier molecular flexibility index (Phi) is 5.73. The minimum Gasteiger partial charge on any atom is -0.449 e. The highest BCUT2D eigenvalue weighted by Gasteiger charge is 2.36. The van der Waals surface area contributed by atoms with E-state index in [1.54, 1.807) is 18.9 Å². The number of fused-ring (bicyclic) bond motifs is 2. The van der Waals surface area contributed by atoms with Crippen LogP contribution in [0.1, 0.15) is 56.4 Å². The average molecular weight is 413 g/mol. The Morgan fingerprint density at radius 1 is 1.30 bits per heavy atom. The number of aromatic nitrogens is 1. The Labute approximate surface area is 177 Å². The van der Waals surface area contributed by atoms with Gasteiger partial charge in [0.2, 0.25) is 0 Å². The molecule has 0 radical (unpaired) electrons. The fourth-order valence-electron chi connectivity index (χ4n) is 4.81. The normalized spacial score (nSPS) is 20.2. The maximum Gasteiger partial charge on any atom is 0.418 e. The number of H-pyrrole nitrogens is 1. The van der Waals surface area contributed by atoms with E-state index in [0.29, 0.717) is 12.0 Å². The molecule has 1 fully saturated rings. The predicted octanol–water partition coefficient (Wildman–Crippen LogP) is 3.98. The molecule has 2 N–H and O–H groups in total. The number of nitrogens with zero attached hydrogens (tertiary/aromatic N) is 2. The Morgan fingerprint density at radius 3 is 2.83 bits per heavy atom. The zero-order valence-electron chi connectivity index (χ0n) is 18.3. The van der Waals surface area contributed by atoms with Crippen LogP contribution in [0.15, 0.2) is 18.2 Å². The number of hydrogen-bond donors (Lipinski definition) is 2. The molecule has 1 aromatic heterocycles. The van der Waals surface area contributed by atoms with Crippen LogP contribution in [0.4, 0.5) is 9.59 Å². The lowest BCUT2D eigenvalue weighted by molar-refractivity contribution is 0.0990. The number of imide groups is 1. The number of hydrogen-bond acceptors (Lipinski definition) is 4. The molecular formula is C23H32N4O3. The van der Waals surface area contributed by atoms with E-state index in [1.165, 1.54) is 34.3 Å². The quantitative estimate of drug-likeness (QED) is 0.796. The molecule has 7 nitrogen and oxygen atoms in total. The van der Waals surface area contributed by atoms with Crippen LogP contribution in [0.3, 0.4) is 0 Å². The van der Waals surface area contributed by atoms with E-state index in [4.69, 9.17) is 4.74 Å². The number of rotatable bonds is 4. The Hall–Kier alpha value is -2.54. The minimum absolute atomic E-state index is 0.0192. The molecule has 7 heteroatoms. The van der Waals surface area contributed by atoms with Gasteiger partial charge in [0, 0.05) is 41.6 Å². The maximum absolute atomic E-state index is 13.1. The molecule has 162 valence electrons. The number of nitrogens with one attached hydrogen (secondary N) is 2. The molecular weight excluding hydrogens is 380 g/mol. The number of carbonyl (C=O) groups excluding carboxylic acids is 2. The fraction of sp³-hybridized carbons (Fsp3) is 0.565. The number of carbonyl (C=O) groups is 2. The molecule has 1 aromatic carbocycles. The number of urea groups is 1. The molecule has 1 unspecified atom stereocenters. The lowest BCUT2D eigenvalue weighted by Gasteiger charge is -2.37. The Balaban J connectivity index is 1.73. The third-order valence-electron chi connectivity index (χ3n) is 6.57. The summed E-state index contributed by atoms with van der Waals surface area (Å²) >= 11 is 0. The average Bonchev–Trinajstić information content (AvgIpc) is 3.09. The van der Waals surface area contributed by atoms with Gasteiger partial charge in [-0.1, -0.05) is 12.1 Å². The number of amides is 3. The van der Waals surface area contributed by atoms with Crippen LogP contribution in [-0.4, -0.2) is 59.2 Å². The highest BCUT2D eigenvalue weighted by Crippen LogP contribution is 2.42. The third-order valence-corrected chi connectivity index (χ3v) is 6.57. The highest BCUT2D eigenvalue weighted by molar-refractivity contribution is 5.92. The van der Waals surface area contributed by atoms with Gasteiger partial charge in [0.15, 0.2) is 0 Å². The van der Waals surface area contributed by atoms with E-state index in [0.717, 1.165) is 24.2 Å². The van der Waals surface area contributed by atoms with Crippen LogP contribution < -0.4 is 5.32 Å². The summed E-state index contributed by atoms with van der Waals surface area (Å²) in [6.45, 7) is 7.05. The summed E-state index contributed by atoms with van der Waals surface area (Å²) in [6, 6.07) is 6.44. The fourth-order valence-corrected chi connectivity index (χ4v) is 4.81. The second kappa shape index (κ2) is 8.30. The van der Waals surface area contributed by atoms with Crippen molar-refractivity contribution in [2.45, 2.75) is 64.6 Å². The van der Waals surface area contributed by atoms with Crippen molar-refractivity contribution in [2.75, 3.05) is 20.2 Å². The van der Waals surface area contributed by atoms with Gasteiger partial charge in [-0.3, -0.25) is 0 Å². The van der Waals surface area contributed by atoms with Crippen molar-refractivity contribution in [1.29, 1.82) is 0 Å². The molecule has 4 rings (SSSR count). The smallest absolute Gasteiger partial charge is 0.418 e. The summed E-state index contributed by atoms with van der Waals surface area (Å²) in [5.41, 5.74) is 4.59. The standard InChI is InChI=1S/C23H32N4O3/c1-5-30-23(29)27(22(28)26(4)14(2)3)13-20-17-12-19-15(9-7-11-24-19)16-8-6-10-18(25-20)21(16)17/h6,8,10,14-15,19,24-25H,5,7,9,11-13H2,1-4H3/t15?,19-/m1/s1. The zero-order chi connectivity index (χ0) is 21.4. The zero-order valence-corrected chi connectivity index (χ0v) is 18.3. The minimum atomic E-state index is -0.606. The molecule has 3 amide bonds. The van der Waals surface area contributed by atoms with E-state index in [9.17, 15) is 9.59 Å². The Bertz CT molecular complexity index is 951. The van der Waals surface area contributed by atoms with Gasteiger partial charge in [0.1, 0.15) is 0 Å². The first-order chi connectivity index (χ1) is 14.4. The van der Waals surface area contributed by atoms with Crippen molar-refractivity contribution in [3.05, 3.63) is 35.0 Å². The van der Waals surface area contributed by atoms with Crippen molar-refractivity contribution in [2.24, 2.45) is 0 Å².